The first-order valence-corrected chi connectivity index (χ1v) is 39.0. The number of ether oxygens (including phenoxy) is 4. The Bertz CT molecular complexity index is 1900. The fraction of sp³-hybridized carbons (Fsp3) is 0.750. The van der Waals surface area contributed by atoms with Crippen molar-refractivity contribution in [2.75, 3.05) is 47.5 Å². The second-order valence-corrected chi connectivity index (χ2v) is 27.2. The quantitative estimate of drug-likeness (QED) is 0.0195. The molecule has 0 amide bonds. The second kappa shape index (κ2) is 73.8. The third kappa shape index (κ3) is 75.2. The molecule has 2 unspecified atom stereocenters. The molecule has 0 saturated carbocycles. The van der Waals surface area contributed by atoms with Crippen LogP contribution in [0.2, 0.25) is 0 Å². The molecule has 0 N–H and O–H groups in total. The number of rotatable bonds is 72. The molecular formula is C84H147NO8. The molecule has 0 saturated heterocycles. The van der Waals surface area contributed by atoms with Crippen LogP contribution in [0.4, 0.5) is 0 Å². The first kappa shape index (κ1) is 89.0. The Kier molecular flexibility index (Phi) is 70.5. The minimum absolute atomic E-state index is 0.147. The SMILES string of the molecule is CC/C=C\C/C=C\C/C=C\C/C=C\C/C=C\CCCCCCCCCCCCCCCCCCCCCCCCCC(=O)OC(COC(=O)CCCCCCCCCCCCCCCCCC/C=C\C/C=C\C/C=C\C/C=C\CC)COC(OCC[N+](C)(C)C)C(=O)[O-]. The number of aliphatic carboxylic acids is 1. The molecule has 0 aromatic carbocycles. The van der Waals surface area contributed by atoms with E-state index in [0.717, 1.165) is 89.9 Å². The number of carbonyl (C=O) groups excluding carboxylic acids is 3. The van der Waals surface area contributed by atoms with Crippen molar-refractivity contribution in [3.63, 3.8) is 0 Å². The summed E-state index contributed by atoms with van der Waals surface area (Å²) in [5.41, 5.74) is 0. The number of carboxylic acid groups (broad SMARTS) is 1. The van der Waals surface area contributed by atoms with Gasteiger partial charge >= 0.3 is 11.9 Å². The highest BCUT2D eigenvalue weighted by Gasteiger charge is 2.22. The molecule has 0 aromatic rings. The van der Waals surface area contributed by atoms with Crippen molar-refractivity contribution in [2.45, 2.75) is 360 Å². The number of esters is 2. The fourth-order valence-corrected chi connectivity index (χ4v) is 11.1. The summed E-state index contributed by atoms with van der Waals surface area (Å²) in [6.07, 6.45) is 101. The van der Waals surface area contributed by atoms with Gasteiger partial charge in [0.05, 0.1) is 40.3 Å². The molecule has 9 heteroatoms. The van der Waals surface area contributed by atoms with Crippen LogP contribution in [-0.2, 0) is 33.3 Å². The summed E-state index contributed by atoms with van der Waals surface area (Å²) in [5, 5.41) is 11.9. The van der Waals surface area contributed by atoms with Gasteiger partial charge in [-0.25, -0.2) is 0 Å². The lowest BCUT2D eigenvalue weighted by Gasteiger charge is -2.26. The van der Waals surface area contributed by atoms with Crippen molar-refractivity contribution in [3.05, 3.63) is 109 Å². The molecule has 0 fully saturated rings. The van der Waals surface area contributed by atoms with Crippen LogP contribution < -0.4 is 5.11 Å². The molecule has 0 aliphatic rings. The normalized spacial score (nSPS) is 13.3. The van der Waals surface area contributed by atoms with Crippen LogP contribution in [-0.4, -0.2) is 82.3 Å². The molecule has 2 atom stereocenters. The van der Waals surface area contributed by atoms with Crippen molar-refractivity contribution in [2.24, 2.45) is 0 Å². The molecule has 0 aliphatic heterocycles. The molecule has 0 heterocycles. The van der Waals surface area contributed by atoms with E-state index in [1.54, 1.807) is 0 Å². The second-order valence-electron chi connectivity index (χ2n) is 27.2. The average Bonchev–Trinajstić information content (AvgIpc) is 3.38. The monoisotopic (exact) mass is 1300 g/mol. The molecule has 0 radical (unpaired) electrons. The Balaban J connectivity index is 4.00. The van der Waals surface area contributed by atoms with Crippen LogP contribution >= 0.6 is 0 Å². The Labute approximate surface area is 575 Å². The van der Waals surface area contributed by atoms with E-state index in [4.69, 9.17) is 18.9 Å². The molecule has 0 spiro atoms. The molecule has 0 rings (SSSR count). The van der Waals surface area contributed by atoms with Crippen molar-refractivity contribution in [1.82, 2.24) is 0 Å². The minimum atomic E-state index is -1.62. The van der Waals surface area contributed by atoms with Gasteiger partial charge in [-0.3, -0.25) is 9.59 Å². The van der Waals surface area contributed by atoms with Gasteiger partial charge in [0.1, 0.15) is 13.2 Å². The Morgan fingerprint density at radius 3 is 0.860 bits per heavy atom. The number of carboxylic acids is 1. The predicted molar refractivity (Wildman–Crippen MR) is 398 cm³/mol. The van der Waals surface area contributed by atoms with Crippen molar-refractivity contribution in [1.29, 1.82) is 0 Å². The number of likely N-dealkylation sites (N-methyl/N-ethyl adjacent to an activating group) is 1. The molecule has 0 aliphatic carbocycles. The van der Waals surface area contributed by atoms with Crippen molar-refractivity contribution >= 4 is 17.9 Å². The highest BCUT2D eigenvalue weighted by Crippen LogP contribution is 2.19. The van der Waals surface area contributed by atoms with Crippen molar-refractivity contribution < 1.29 is 42.9 Å². The average molecular weight is 1300 g/mol. The Hall–Kier alpha value is -4.05. The standard InChI is InChI=1S/C84H147NO8/c1-6-8-10-12-14-16-18-20-22-24-26-28-30-32-34-36-37-38-39-40-41-42-43-44-45-47-49-51-53-55-57-59-61-63-65-67-69-71-73-75-82(87)93-80(79-92-84(83(88)89)90-77-76-85(3,4)5)78-91-81(86)74-72-70-68-66-64-62-60-58-56-54-52-50-48-46-35-33-31-29-27-25-23-21-19-17-15-13-11-9-7-2/h8-11,14-17,20-23,26-29,32,34,80,84H,6-7,12-13,18-19,24-25,30-31,33,35-79H2,1-5H3/b10-8-,11-9-,16-14-,17-15-,22-20-,23-21-,28-26-,29-27-,34-32-. The van der Waals surface area contributed by atoms with Crippen LogP contribution in [0.5, 0.6) is 0 Å². The Morgan fingerprint density at radius 2 is 0.581 bits per heavy atom. The molecule has 9 nitrogen and oxygen atoms in total. The predicted octanol–water partition coefficient (Wildman–Crippen LogP) is 23.6. The zero-order valence-electron chi connectivity index (χ0n) is 61.4. The van der Waals surface area contributed by atoms with E-state index in [1.807, 2.05) is 21.1 Å². The number of nitrogens with zero attached hydrogens (tertiary/aromatic N) is 1. The highest BCUT2D eigenvalue weighted by molar-refractivity contribution is 5.70. The van der Waals surface area contributed by atoms with E-state index in [9.17, 15) is 19.5 Å². The van der Waals surface area contributed by atoms with E-state index in [2.05, 4.69) is 123 Å². The minimum Gasteiger partial charge on any atom is -0.545 e. The lowest BCUT2D eigenvalue weighted by molar-refractivity contribution is -0.870. The van der Waals surface area contributed by atoms with Gasteiger partial charge < -0.3 is 33.3 Å². The van der Waals surface area contributed by atoms with Gasteiger partial charge in [-0.05, 0) is 96.3 Å². The van der Waals surface area contributed by atoms with E-state index in [1.165, 1.54) is 225 Å². The number of unbranched alkanes of at least 4 members (excludes halogenated alkanes) is 39. The van der Waals surface area contributed by atoms with Gasteiger partial charge in [-0.2, -0.15) is 0 Å². The molecule has 536 valence electrons. The molecular weight excluding hydrogens is 1150 g/mol. The summed E-state index contributed by atoms with van der Waals surface area (Å²) in [5.74, 6) is -2.26. The van der Waals surface area contributed by atoms with Crippen molar-refractivity contribution in [3.8, 4) is 0 Å². The van der Waals surface area contributed by atoms with Gasteiger partial charge in [0.2, 0.25) is 0 Å². The number of hydrogen-bond acceptors (Lipinski definition) is 8. The lowest BCUT2D eigenvalue weighted by Crippen LogP contribution is -2.44. The zero-order chi connectivity index (χ0) is 67.5. The summed E-state index contributed by atoms with van der Waals surface area (Å²) >= 11 is 0. The van der Waals surface area contributed by atoms with Gasteiger partial charge in [0.25, 0.3) is 0 Å². The van der Waals surface area contributed by atoms with E-state index >= 15 is 0 Å². The summed E-state index contributed by atoms with van der Waals surface area (Å²) in [7, 11) is 5.94. The summed E-state index contributed by atoms with van der Waals surface area (Å²) < 4.78 is 22.9. The number of hydrogen-bond donors (Lipinski definition) is 0. The van der Waals surface area contributed by atoms with Gasteiger partial charge in [0.15, 0.2) is 12.4 Å². The van der Waals surface area contributed by atoms with Crippen LogP contribution in [0.25, 0.3) is 0 Å². The maximum atomic E-state index is 13.0. The highest BCUT2D eigenvalue weighted by atomic mass is 16.7. The van der Waals surface area contributed by atoms with E-state index in [-0.39, 0.29) is 32.2 Å². The number of carbonyl (C=O) groups is 3. The fourth-order valence-electron chi connectivity index (χ4n) is 11.1. The van der Waals surface area contributed by atoms with Gasteiger partial charge in [-0.15, -0.1) is 0 Å². The molecule has 0 bridgehead atoms. The van der Waals surface area contributed by atoms with Crippen LogP contribution in [0.3, 0.4) is 0 Å². The summed E-state index contributed by atoms with van der Waals surface area (Å²) in [4.78, 5) is 37.6. The largest absolute Gasteiger partial charge is 0.545 e. The lowest BCUT2D eigenvalue weighted by atomic mass is 10.0. The first-order chi connectivity index (χ1) is 45.6. The first-order valence-electron chi connectivity index (χ1n) is 39.0. The molecule has 93 heavy (non-hydrogen) atoms. The zero-order valence-corrected chi connectivity index (χ0v) is 61.4. The van der Waals surface area contributed by atoms with Gasteiger partial charge in [0, 0.05) is 12.8 Å². The summed E-state index contributed by atoms with van der Waals surface area (Å²) in [6.45, 7) is 4.57. The van der Waals surface area contributed by atoms with Gasteiger partial charge in [-0.1, -0.05) is 348 Å². The molecule has 0 aromatic heterocycles. The number of quaternary nitrogens is 1. The third-order valence-electron chi connectivity index (χ3n) is 17.0. The Morgan fingerprint density at radius 1 is 0.323 bits per heavy atom. The van der Waals surface area contributed by atoms with E-state index in [0.29, 0.717) is 23.9 Å². The third-order valence-corrected chi connectivity index (χ3v) is 17.0. The van der Waals surface area contributed by atoms with Crippen LogP contribution in [0.1, 0.15) is 348 Å². The maximum absolute atomic E-state index is 13.0. The maximum Gasteiger partial charge on any atom is 0.306 e. The van der Waals surface area contributed by atoms with E-state index < -0.39 is 24.3 Å². The summed E-state index contributed by atoms with van der Waals surface area (Å²) in [6, 6.07) is 0. The van der Waals surface area contributed by atoms with Crippen LogP contribution in [0, 0.1) is 0 Å². The van der Waals surface area contributed by atoms with Crippen LogP contribution in [0.15, 0.2) is 109 Å². The number of allylic oxidation sites excluding steroid dienone is 18. The smallest absolute Gasteiger partial charge is 0.306 e. The topological polar surface area (TPSA) is 111 Å².